The third-order valence-corrected chi connectivity index (χ3v) is 5.11. The molecule has 0 radical (unpaired) electrons. The van der Waals surface area contributed by atoms with Crippen molar-refractivity contribution in [3.63, 3.8) is 0 Å². The molecule has 2 aromatic heterocycles. The molecule has 2 heterocycles. The van der Waals surface area contributed by atoms with Gasteiger partial charge in [-0.05, 0) is 67.6 Å². The Kier molecular flexibility index (Phi) is 5.67. The van der Waals surface area contributed by atoms with Gasteiger partial charge in [0.05, 0.1) is 6.61 Å². The molecule has 0 atom stereocenters. The molecule has 0 spiro atoms. The van der Waals surface area contributed by atoms with E-state index in [1.54, 1.807) is 29.7 Å². The summed E-state index contributed by atoms with van der Waals surface area (Å²) in [6, 6.07) is 18.6. The third kappa shape index (κ3) is 4.70. The molecule has 0 saturated heterocycles. The Morgan fingerprint density at radius 1 is 1.00 bits per heavy atom. The van der Waals surface area contributed by atoms with Crippen LogP contribution in [-0.2, 0) is 4.79 Å². The first-order chi connectivity index (χ1) is 14.2. The normalized spacial score (nSPS) is 10.7. The molecule has 0 aliphatic carbocycles. The van der Waals surface area contributed by atoms with Gasteiger partial charge in [0, 0.05) is 17.4 Å². The number of hydrogen-bond donors (Lipinski definition) is 1. The average molecular weight is 405 g/mol. The number of fused-ring (bicyclic) bond motifs is 1. The van der Waals surface area contributed by atoms with Gasteiger partial charge in [0.25, 0.3) is 5.91 Å². The summed E-state index contributed by atoms with van der Waals surface area (Å²) < 4.78 is 10.9. The maximum atomic E-state index is 12.1. The minimum absolute atomic E-state index is 0.0702. The zero-order valence-corrected chi connectivity index (χ0v) is 16.6. The molecule has 4 rings (SSSR count). The molecule has 0 aliphatic rings. The zero-order chi connectivity index (χ0) is 20.1. The van der Waals surface area contributed by atoms with Crippen LogP contribution in [0.25, 0.3) is 20.9 Å². The Morgan fingerprint density at radius 3 is 2.41 bits per heavy atom. The van der Waals surface area contributed by atoms with Crippen LogP contribution in [0.15, 0.2) is 66.9 Å². The summed E-state index contributed by atoms with van der Waals surface area (Å²) in [5, 5.41) is 3.73. The summed E-state index contributed by atoms with van der Waals surface area (Å²) in [5.74, 6) is 1.16. The van der Waals surface area contributed by atoms with Crippen molar-refractivity contribution >= 4 is 33.3 Å². The lowest BCUT2D eigenvalue weighted by Gasteiger charge is -2.09. The average Bonchev–Trinajstić information content (AvgIpc) is 3.18. The van der Waals surface area contributed by atoms with Crippen LogP contribution in [0.4, 0.5) is 5.69 Å². The molecule has 2 aromatic carbocycles. The summed E-state index contributed by atoms with van der Waals surface area (Å²) in [4.78, 5) is 22.0. The van der Waals surface area contributed by atoms with Gasteiger partial charge >= 0.3 is 0 Å². The lowest BCUT2D eigenvalue weighted by atomic mass is 10.2. The fraction of sp³-hybridized carbons (Fsp3) is 0.136. The van der Waals surface area contributed by atoms with Gasteiger partial charge in [-0.1, -0.05) is 11.3 Å². The van der Waals surface area contributed by atoms with Crippen molar-refractivity contribution in [2.45, 2.75) is 6.92 Å². The van der Waals surface area contributed by atoms with Crippen molar-refractivity contribution < 1.29 is 14.3 Å². The fourth-order valence-electron chi connectivity index (χ4n) is 2.73. The smallest absolute Gasteiger partial charge is 0.262 e. The van der Waals surface area contributed by atoms with Gasteiger partial charge in [-0.3, -0.25) is 4.79 Å². The summed E-state index contributed by atoms with van der Waals surface area (Å²) in [6.07, 6.45) is 1.76. The van der Waals surface area contributed by atoms with Crippen molar-refractivity contribution in [2.75, 3.05) is 18.5 Å². The van der Waals surface area contributed by atoms with Crippen LogP contribution in [0.1, 0.15) is 6.92 Å². The second-order valence-corrected chi connectivity index (χ2v) is 7.14. The molecule has 146 valence electrons. The van der Waals surface area contributed by atoms with Crippen LogP contribution < -0.4 is 14.8 Å². The highest BCUT2D eigenvalue weighted by Gasteiger charge is 2.08. The quantitative estimate of drug-likeness (QED) is 0.479. The maximum absolute atomic E-state index is 12.1. The van der Waals surface area contributed by atoms with E-state index in [1.165, 1.54) is 0 Å². The Labute approximate surface area is 172 Å². The second kappa shape index (κ2) is 8.70. The second-order valence-electron chi connectivity index (χ2n) is 6.17. The number of thiazole rings is 1. The largest absolute Gasteiger partial charge is 0.494 e. The van der Waals surface area contributed by atoms with E-state index in [0.29, 0.717) is 18.0 Å². The Morgan fingerprint density at radius 2 is 1.72 bits per heavy atom. The number of carbonyl (C=O) groups excluding carboxylic acids is 1. The highest BCUT2D eigenvalue weighted by molar-refractivity contribution is 7.21. The number of hydrogen-bond acceptors (Lipinski definition) is 6. The highest BCUT2D eigenvalue weighted by Crippen LogP contribution is 2.29. The van der Waals surface area contributed by atoms with Crippen LogP contribution in [-0.4, -0.2) is 29.1 Å². The summed E-state index contributed by atoms with van der Waals surface area (Å²) >= 11 is 1.54. The third-order valence-electron chi connectivity index (χ3n) is 4.09. The topological polar surface area (TPSA) is 73.3 Å². The van der Waals surface area contributed by atoms with Crippen molar-refractivity contribution in [1.82, 2.24) is 9.97 Å². The SMILES string of the molecule is CCOc1ccc(OCC(=O)Nc2ccc(-c3nc4cccnc4s3)cc2)cc1. The van der Waals surface area contributed by atoms with E-state index in [1.807, 2.05) is 55.5 Å². The van der Waals surface area contributed by atoms with Gasteiger partial charge in [0.15, 0.2) is 6.61 Å². The number of ether oxygens (including phenoxy) is 2. The molecule has 29 heavy (non-hydrogen) atoms. The fourth-order valence-corrected chi connectivity index (χ4v) is 3.65. The number of rotatable bonds is 7. The summed E-state index contributed by atoms with van der Waals surface area (Å²) in [6.45, 7) is 2.47. The van der Waals surface area contributed by atoms with E-state index in [9.17, 15) is 4.79 Å². The Hall–Kier alpha value is -3.45. The summed E-state index contributed by atoms with van der Waals surface area (Å²) in [7, 11) is 0. The number of pyridine rings is 1. The predicted octanol–water partition coefficient (Wildman–Crippen LogP) is 4.77. The molecule has 1 amide bonds. The van der Waals surface area contributed by atoms with Gasteiger partial charge in [-0.2, -0.15) is 0 Å². The monoisotopic (exact) mass is 405 g/mol. The number of carbonyl (C=O) groups is 1. The van der Waals surface area contributed by atoms with Crippen molar-refractivity contribution in [3.05, 3.63) is 66.9 Å². The predicted molar refractivity (Wildman–Crippen MR) is 115 cm³/mol. The van der Waals surface area contributed by atoms with Crippen LogP contribution >= 0.6 is 11.3 Å². The van der Waals surface area contributed by atoms with Crippen molar-refractivity contribution in [3.8, 4) is 22.1 Å². The number of amides is 1. The van der Waals surface area contributed by atoms with Gasteiger partial charge in [0.1, 0.15) is 26.9 Å². The number of anilines is 1. The first-order valence-corrected chi connectivity index (χ1v) is 10.0. The molecule has 7 heteroatoms. The zero-order valence-electron chi connectivity index (χ0n) is 15.8. The molecule has 1 N–H and O–H groups in total. The number of nitrogens with zero attached hydrogens (tertiary/aromatic N) is 2. The van der Waals surface area contributed by atoms with Crippen LogP contribution in [0.3, 0.4) is 0 Å². The van der Waals surface area contributed by atoms with Crippen molar-refractivity contribution in [2.24, 2.45) is 0 Å². The van der Waals surface area contributed by atoms with E-state index in [0.717, 1.165) is 26.7 Å². The van der Waals surface area contributed by atoms with E-state index < -0.39 is 0 Å². The molecule has 0 fully saturated rings. The first-order valence-electron chi connectivity index (χ1n) is 9.19. The van der Waals surface area contributed by atoms with Crippen LogP contribution in [0.5, 0.6) is 11.5 Å². The lowest BCUT2D eigenvalue weighted by Crippen LogP contribution is -2.20. The van der Waals surface area contributed by atoms with E-state index in [2.05, 4.69) is 15.3 Å². The number of nitrogens with one attached hydrogen (secondary N) is 1. The molecule has 0 saturated carbocycles. The Bertz CT molecular complexity index is 1080. The highest BCUT2D eigenvalue weighted by atomic mass is 32.1. The molecule has 6 nitrogen and oxygen atoms in total. The van der Waals surface area contributed by atoms with Crippen molar-refractivity contribution in [1.29, 1.82) is 0 Å². The van der Waals surface area contributed by atoms with Gasteiger partial charge < -0.3 is 14.8 Å². The maximum Gasteiger partial charge on any atom is 0.262 e. The van der Waals surface area contributed by atoms with Gasteiger partial charge in [0.2, 0.25) is 0 Å². The summed E-state index contributed by atoms with van der Waals surface area (Å²) in [5.41, 5.74) is 2.57. The minimum atomic E-state index is -0.226. The molecule has 0 bridgehead atoms. The number of aromatic nitrogens is 2. The molecular weight excluding hydrogens is 386 g/mol. The molecule has 0 aliphatic heterocycles. The van der Waals surface area contributed by atoms with Gasteiger partial charge in [-0.15, -0.1) is 0 Å². The minimum Gasteiger partial charge on any atom is -0.494 e. The van der Waals surface area contributed by atoms with Crippen LogP contribution in [0, 0.1) is 0 Å². The molecule has 0 unspecified atom stereocenters. The number of benzene rings is 2. The first kappa shape index (κ1) is 18.9. The standard InChI is InChI=1S/C22H19N3O3S/c1-2-27-17-9-11-18(12-10-17)28-14-20(26)24-16-7-5-15(6-8-16)21-25-19-4-3-13-23-22(19)29-21/h3-13H,2,14H2,1H3,(H,24,26). The Balaban J connectivity index is 1.33. The van der Waals surface area contributed by atoms with Crippen LogP contribution in [0.2, 0.25) is 0 Å². The molecular formula is C22H19N3O3S. The van der Waals surface area contributed by atoms with Gasteiger partial charge in [-0.25, -0.2) is 9.97 Å². The molecule has 4 aromatic rings. The van der Waals surface area contributed by atoms with E-state index in [4.69, 9.17) is 9.47 Å². The lowest BCUT2D eigenvalue weighted by molar-refractivity contribution is -0.118. The van der Waals surface area contributed by atoms with E-state index >= 15 is 0 Å². The van der Waals surface area contributed by atoms with E-state index in [-0.39, 0.29) is 12.5 Å².